The third-order valence-electron chi connectivity index (χ3n) is 4.46. The van der Waals surface area contributed by atoms with Gasteiger partial charge in [0, 0.05) is 28.9 Å². The predicted molar refractivity (Wildman–Crippen MR) is 123 cm³/mol. The highest BCUT2D eigenvalue weighted by Gasteiger charge is 2.33. The van der Waals surface area contributed by atoms with E-state index in [1.54, 1.807) is 18.2 Å². The molecule has 30 heavy (non-hydrogen) atoms. The molecule has 1 aromatic heterocycles. The number of thioether (sulfide) groups is 1. The molecule has 0 radical (unpaired) electrons. The van der Waals surface area contributed by atoms with Crippen LogP contribution in [0.25, 0.3) is 0 Å². The van der Waals surface area contributed by atoms with E-state index in [9.17, 15) is 13.2 Å². The molecule has 1 aliphatic heterocycles. The zero-order chi connectivity index (χ0) is 21.7. The van der Waals surface area contributed by atoms with Crippen molar-refractivity contribution in [1.82, 2.24) is 14.5 Å². The Hall–Kier alpha value is -1.17. The zero-order valence-corrected chi connectivity index (χ0v) is 19.8. The van der Waals surface area contributed by atoms with Gasteiger partial charge in [-0.2, -0.15) is 0 Å². The molecular formula is C18H20Cl2N4O3S3. The average molecular weight is 507 g/mol. The summed E-state index contributed by atoms with van der Waals surface area (Å²) in [7, 11) is -3.63. The van der Waals surface area contributed by atoms with Gasteiger partial charge in [-0.3, -0.25) is 4.79 Å². The highest BCUT2D eigenvalue weighted by atomic mass is 35.5. The molecule has 0 aliphatic carbocycles. The van der Waals surface area contributed by atoms with Crippen molar-refractivity contribution in [2.45, 2.75) is 22.9 Å². The molecule has 1 saturated heterocycles. The quantitative estimate of drug-likeness (QED) is 0.325. The van der Waals surface area contributed by atoms with Crippen LogP contribution in [0.5, 0.6) is 0 Å². The van der Waals surface area contributed by atoms with Crippen molar-refractivity contribution in [3.05, 3.63) is 46.5 Å². The van der Waals surface area contributed by atoms with E-state index in [1.165, 1.54) is 33.5 Å². The molecule has 7 nitrogen and oxygen atoms in total. The number of anilines is 1. The first-order chi connectivity index (χ1) is 14.3. The lowest BCUT2D eigenvalue weighted by atomic mass is 9.99. The van der Waals surface area contributed by atoms with E-state index < -0.39 is 15.9 Å². The lowest BCUT2D eigenvalue weighted by Crippen LogP contribution is -2.44. The van der Waals surface area contributed by atoms with Crippen LogP contribution in [0.2, 0.25) is 10.0 Å². The van der Waals surface area contributed by atoms with Gasteiger partial charge in [0.25, 0.3) is 0 Å². The monoisotopic (exact) mass is 506 g/mol. The van der Waals surface area contributed by atoms with Gasteiger partial charge in [0.15, 0.2) is 4.34 Å². The number of piperidine rings is 1. The Bertz CT molecular complexity index is 1030. The van der Waals surface area contributed by atoms with Crippen molar-refractivity contribution >= 4 is 67.4 Å². The van der Waals surface area contributed by atoms with Gasteiger partial charge in [0.2, 0.25) is 21.1 Å². The number of aromatic nitrogens is 2. The number of benzene rings is 1. The van der Waals surface area contributed by atoms with Gasteiger partial charge in [0.1, 0.15) is 0 Å². The zero-order valence-electron chi connectivity index (χ0n) is 15.9. The highest BCUT2D eigenvalue weighted by Crippen LogP contribution is 2.28. The molecule has 12 heteroatoms. The van der Waals surface area contributed by atoms with Gasteiger partial charge in [-0.1, -0.05) is 58.4 Å². The fourth-order valence-corrected chi connectivity index (χ4v) is 6.70. The summed E-state index contributed by atoms with van der Waals surface area (Å²) in [5.74, 6) is -0.244. The Labute approximate surface area is 193 Å². The summed E-state index contributed by atoms with van der Waals surface area (Å²) in [5.41, 5.74) is 0.478. The van der Waals surface area contributed by atoms with Crippen LogP contribution in [0, 0.1) is 5.92 Å². The van der Waals surface area contributed by atoms with Crippen molar-refractivity contribution < 1.29 is 13.2 Å². The maximum Gasteiger partial charge on any atom is 0.230 e. The standard InChI is InChI=1S/C18H20Cl2N4O3S3/c1-2-8-28-18-23-22-17(29-18)21-16(25)12-4-3-7-24(10-12)30(26,27)11-13-5-6-14(19)9-15(13)20/h2,5-6,9,12H,1,3-4,7-8,10-11H2,(H,21,22,25)/t12-/m1/s1. The van der Waals surface area contributed by atoms with Gasteiger partial charge < -0.3 is 5.32 Å². The average Bonchev–Trinajstić information content (AvgIpc) is 3.16. The van der Waals surface area contributed by atoms with Crippen LogP contribution in [0.4, 0.5) is 5.13 Å². The maximum atomic E-state index is 12.9. The van der Waals surface area contributed by atoms with Crippen molar-refractivity contribution in [1.29, 1.82) is 0 Å². The minimum Gasteiger partial charge on any atom is -0.300 e. The van der Waals surface area contributed by atoms with E-state index in [0.717, 1.165) is 4.34 Å². The highest BCUT2D eigenvalue weighted by molar-refractivity contribution is 8.01. The van der Waals surface area contributed by atoms with Crippen molar-refractivity contribution in [2.24, 2.45) is 5.92 Å². The number of hydrogen-bond donors (Lipinski definition) is 1. The Morgan fingerprint density at radius 3 is 2.93 bits per heavy atom. The summed E-state index contributed by atoms with van der Waals surface area (Å²) in [6.07, 6.45) is 2.97. The number of nitrogens with one attached hydrogen (secondary N) is 1. The maximum absolute atomic E-state index is 12.9. The number of nitrogens with zero attached hydrogens (tertiary/aromatic N) is 3. The van der Waals surface area contributed by atoms with Gasteiger partial charge in [0.05, 0.1) is 11.7 Å². The van der Waals surface area contributed by atoms with Gasteiger partial charge in [-0.15, -0.1) is 16.8 Å². The Morgan fingerprint density at radius 2 is 2.20 bits per heavy atom. The first kappa shape index (κ1) is 23.5. The molecule has 3 rings (SSSR count). The molecule has 1 fully saturated rings. The second kappa shape index (κ2) is 10.4. The van der Waals surface area contributed by atoms with Gasteiger partial charge >= 0.3 is 0 Å². The Kier molecular flexibility index (Phi) is 8.17. The lowest BCUT2D eigenvalue weighted by molar-refractivity contribution is -0.120. The van der Waals surface area contributed by atoms with E-state index in [2.05, 4.69) is 22.1 Å². The summed E-state index contributed by atoms with van der Waals surface area (Å²) in [4.78, 5) is 12.7. The molecular weight excluding hydrogens is 487 g/mol. The molecule has 1 atom stereocenters. The van der Waals surface area contributed by atoms with E-state index in [-0.39, 0.29) is 18.2 Å². The van der Waals surface area contributed by atoms with E-state index in [4.69, 9.17) is 23.2 Å². The summed E-state index contributed by atoms with van der Waals surface area (Å²) in [6, 6.07) is 4.73. The van der Waals surface area contributed by atoms with Crippen molar-refractivity contribution in [2.75, 3.05) is 24.2 Å². The Balaban J connectivity index is 1.62. The lowest BCUT2D eigenvalue weighted by Gasteiger charge is -2.31. The van der Waals surface area contributed by atoms with Gasteiger partial charge in [-0.25, -0.2) is 12.7 Å². The number of sulfonamides is 1. The van der Waals surface area contributed by atoms with Crippen LogP contribution in [0.15, 0.2) is 35.2 Å². The molecule has 1 aliphatic rings. The minimum absolute atomic E-state index is 0.121. The van der Waals surface area contributed by atoms with Crippen LogP contribution in [-0.2, 0) is 20.6 Å². The first-order valence-corrected chi connectivity index (χ1v) is 13.2. The smallest absolute Gasteiger partial charge is 0.230 e. The fourth-order valence-electron chi connectivity index (χ4n) is 2.99. The van der Waals surface area contributed by atoms with Gasteiger partial charge in [-0.05, 0) is 30.5 Å². The number of carbonyl (C=O) groups excluding carboxylic acids is 1. The third-order valence-corrected chi connectivity index (χ3v) is 8.81. The molecule has 0 unspecified atom stereocenters. The number of halogens is 2. The fraction of sp³-hybridized carbons (Fsp3) is 0.389. The molecule has 162 valence electrons. The van der Waals surface area contributed by atoms with Crippen LogP contribution < -0.4 is 5.32 Å². The number of amides is 1. The van der Waals surface area contributed by atoms with E-state index >= 15 is 0 Å². The largest absolute Gasteiger partial charge is 0.300 e. The van der Waals surface area contributed by atoms with Crippen LogP contribution in [-0.4, -0.2) is 47.7 Å². The molecule has 0 spiro atoms. The summed E-state index contributed by atoms with van der Waals surface area (Å²) in [5, 5.41) is 11.9. The van der Waals surface area contributed by atoms with E-state index in [1.807, 2.05) is 0 Å². The van der Waals surface area contributed by atoms with Crippen LogP contribution in [0.1, 0.15) is 18.4 Å². The molecule has 2 heterocycles. The summed E-state index contributed by atoms with van der Waals surface area (Å²) >= 11 is 14.8. The molecule has 1 aromatic carbocycles. The molecule has 0 saturated carbocycles. The van der Waals surface area contributed by atoms with Crippen molar-refractivity contribution in [3.63, 3.8) is 0 Å². The third kappa shape index (κ3) is 6.18. The first-order valence-electron chi connectivity index (χ1n) is 9.08. The minimum atomic E-state index is -3.63. The normalized spacial score (nSPS) is 17.6. The topological polar surface area (TPSA) is 92.3 Å². The number of carbonyl (C=O) groups is 1. The predicted octanol–water partition coefficient (Wildman–Crippen LogP) is 4.30. The molecule has 1 N–H and O–H groups in total. The molecule has 0 bridgehead atoms. The Morgan fingerprint density at radius 1 is 1.40 bits per heavy atom. The number of hydrogen-bond acceptors (Lipinski definition) is 7. The van der Waals surface area contributed by atoms with Crippen LogP contribution in [0.3, 0.4) is 0 Å². The molecule has 2 aromatic rings. The van der Waals surface area contributed by atoms with Crippen molar-refractivity contribution in [3.8, 4) is 0 Å². The second-order valence-corrected chi connectivity index (χ2v) is 11.7. The summed E-state index contributed by atoms with van der Waals surface area (Å²) < 4.78 is 27.9. The second-order valence-electron chi connectivity index (χ2n) is 6.65. The van der Waals surface area contributed by atoms with Crippen LogP contribution >= 0.6 is 46.3 Å². The number of rotatable bonds is 8. The SMILES string of the molecule is C=CCSc1nnc(NC(=O)[C@@H]2CCCN(S(=O)(=O)Cc3ccc(Cl)cc3Cl)C2)s1. The van der Waals surface area contributed by atoms with E-state index in [0.29, 0.717) is 45.9 Å². The molecule has 1 amide bonds. The summed E-state index contributed by atoms with van der Waals surface area (Å²) in [6.45, 7) is 4.15.